The summed E-state index contributed by atoms with van der Waals surface area (Å²) in [5.41, 5.74) is 2.83. The van der Waals surface area contributed by atoms with Crippen LogP contribution in [0.3, 0.4) is 0 Å². The van der Waals surface area contributed by atoms with Gasteiger partial charge in [0, 0.05) is 32.8 Å². The molecule has 4 rings (SSSR count). The maximum Gasteiger partial charge on any atom is 0.227 e. The summed E-state index contributed by atoms with van der Waals surface area (Å²) in [5.74, 6) is 2.44. The van der Waals surface area contributed by atoms with Crippen molar-refractivity contribution >= 4 is 17.1 Å². The third kappa shape index (κ3) is 3.65. The van der Waals surface area contributed by atoms with Crippen LogP contribution in [0.4, 0.5) is 0 Å². The molecular formula is C21H24N4O2. The Hall–Kier alpha value is -2.89. The van der Waals surface area contributed by atoms with Crippen LogP contribution >= 0.6 is 0 Å². The molecule has 1 fully saturated rings. The monoisotopic (exact) mass is 364 g/mol. The molecule has 0 radical (unpaired) electrons. The molecule has 1 aromatic carbocycles. The summed E-state index contributed by atoms with van der Waals surface area (Å²) in [6.07, 6.45) is 4.10. The third-order valence-corrected chi connectivity index (χ3v) is 5.32. The third-order valence-electron chi connectivity index (χ3n) is 5.32. The highest BCUT2D eigenvalue weighted by molar-refractivity contribution is 5.79. The van der Waals surface area contributed by atoms with E-state index in [0.717, 1.165) is 54.2 Å². The second-order valence-electron chi connectivity index (χ2n) is 7.16. The predicted molar refractivity (Wildman–Crippen MR) is 104 cm³/mol. The van der Waals surface area contributed by atoms with E-state index >= 15 is 0 Å². The fourth-order valence-electron chi connectivity index (χ4n) is 3.81. The highest BCUT2D eigenvalue weighted by atomic mass is 16.5. The molecule has 1 amide bonds. The molecule has 3 heterocycles. The second-order valence-corrected chi connectivity index (χ2v) is 7.16. The Morgan fingerprint density at radius 2 is 2.19 bits per heavy atom. The summed E-state index contributed by atoms with van der Waals surface area (Å²) in [6.45, 7) is 1.61. The van der Waals surface area contributed by atoms with E-state index in [-0.39, 0.29) is 5.91 Å². The van der Waals surface area contributed by atoms with Crippen LogP contribution in [-0.4, -0.2) is 45.5 Å². The number of aromatic nitrogens is 3. The highest BCUT2D eigenvalue weighted by Gasteiger charge is 2.27. The Labute approximate surface area is 158 Å². The lowest BCUT2D eigenvalue weighted by atomic mass is 10.0. The van der Waals surface area contributed by atoms with Crippen molar-refractivity contribution in [3.05, 3.63) is 54.0 Å². The lowest BCUT2D eigenvalue weighted by molar-refractivity contribution is -0.129. The van der Waals surface area contributed by atoms with Gasteiger partial charge in [-0.1, -0.05) is 12.1 Å². The summed E-state index contributed by atoms with van der Waals surface area (Å²) in [7, 11) is 3.65. The number of methoxy groups -OCH3 is 1. The average molecular weight is 364 g/mol. The Balaban J connectivity index is 1.39. The fraction of sp³-hybridized carbons (Fsp3) is 0.381. The molecule has 1 unspecified atom stereocenters. The molecule has 0 spiro atoms. The molecule has 6 heteroatoms. The first-order valence-electron chi connectivity index (χ1n) is 9.31. The van der Waals surface area contributed by atoms with Gasteiger partial charge in [0.25, 0.3) is 0 Å². The number of pyridine rings is 1. The Morgan fingerprint density at radius 1 is 1.30 bits per heavy atom. The van der Waals surface area contributed by atoms with E-state index in [1.807, 2.05) is 48.3 Å². The molecule has 1 atom stereocenters. The van der Waals surface area contributed by atoms with E-state index in [9.17, 15) is 4.79 Å². The van der Waals surface area contributed by atoms with Crippen molar-refractivity contribution in [1.29, 1.82) is 0 Å². The van der Waals surface area contributed by atoms with Gasteiger partial charge in [0.15, 0.2) is 5.65 Å². The quantitative estimate of drug-likeness (QED) is 0.698. The summed E-state index contributed by atoms with van der Waals surface area (Å²) in [5, 5.41) is 0. The molecule has 0 saturated carbocycles. The summed E-state index contributed by atoms with van der Waals surface area (Å²) in [4.78, 5) is 23.8. The molecule has 0 bridgehead atoms. The van der Waals surface area contributed by atoms with E-state index in [4.69, 9.17) is 9.72 Å². The van der Waals surface area contributed by atoms with Crippen molar-refractivity contribution in [3.8, 4) is 5.75 Å². The number of ether oxygens (including phenoxy) is 1. The first kappa shape index (κ1) is 17.5. The number of nitrogens with zero attached hydrogens (tertiary/aromatic N) is 4. The summed E-state index contributed by atoms with van der Waals surface area (Å²) < 4.78 is 7.31. The number of carbonyl (C=O) groups is 1. The molecule has 1 aliphatic heterocycles. The van der Waals surface area contributed by atoms with Gasteiger partial charge < -0.3 is 14.2 Å². The molecule has 1 saturated heterocycles. The molecule has 140 valence electrons. The summed E-state index contributed by atoms with van der Waals surface area (Å²) in [6, 6.07) is 11.6. The van der Waals surface area contributed by atoms with Gasteiger partial charge in [-0.2, -0.15) is 0 Å². The fourth-order valence-corrected chi connectivity index (χ4v) is 3.81. The minimum Gasteiger partial charge on any atom is -0.497 e. The van der Waals surface area contributed by atoms with E-state index in [1.54, 1.807) is 13.3 Å². The van der Waals surface area contributed by atoms with Crippen LogP contribution in [0.2, 0.25) is 0 Å². The first-order chi connectivity index (χ1) is 13.1. The highest BCUT2D eigenvalue weighted by Crippen LogP contribution is 2.23. The normalized spacial score (nSPS) is 16.8. The van der Waals surface area contributed by atoms with Crippen LogP contribution in [0, 0.1) is 5.92 Å². The minimum absolute atomic E-state index is 0.178. The van der Waals surface area contributed by atoms with Crippen LogP contribution in [0.5, 0.6) is 5.75 Å². The summed E-state index contributed by atoms with van der Waals surface area (Å²) >= 11 is 0. The maximum atomic E-state index is 12.7. The largest absolute Gasteiger partial charge is 0.497 e. The van der Waals surface area contributed by atoms with Crippen molar-refractivity contribution in [2.75, 3.05) is 20.2 Å². The van der Waals surface area contributed by atoms with Crippen molar-refractivity contribution in [2.45, 2.75) is 19.3 Å². The number of fused-ring (bicyclic) bond motifs is 1. The van der Waals surface area contributed by atoms with E-state index in [0.29, 0.717) is 12.3 Å². The number of rotatable bonds is 5. The van der Waals surface area contributed by atoms with Crippen LogP contribution in [0.25, 0.3) is 11.2 Å². The van der Waals surface area contributed by atoms with Crippen molar-refractivity contribution in [2.24, 2.45) is 13.0 Å². The number of likely N-dealkylation sites (tertiary alicyclic amines) is 1. The van der Waals surface area contributed by atoms with Gasteiger partial charge in [0.05, 0.1) is 13.5 Å². The van der Waals surface area contributed by atoms with Gasteiger partial charge in [-0.25, -0.2) is 9.97 Å². The topological polar surface area (TPSA) is 60.2 Å². The van der Waals surface area contributed by atoms with Crippen LogP contribution < -0.4 is 4.74 Å². The van der Waals surface area contributed by atoms with Crippen LogP contribution in [0.15, 0.2) is 42.6 Å². The standard InChI is InChI=1S/C21H24N4O2/c1-24-19(23-18-7-4-9-22-21(18)24)12-16-8-10-25(14-16)20(26)13-15-5-3-6-17(11-15)27-2/h3-7,9,11,16H,8,10,12-14H2,1-2H3. The molecule has 6 nitrogen and oxygen atoms in total. The molecule has 27 heavy (non-hydrogen) atoms. The SMILES string of the molecule is COc1cccc(CC(=O)N2CCC(Cc3nc4cccnc4n3C)C2)c1. The van der Waals surface area contributed by atoms with E-state index < -0.39 is 0 Å². The Bertz CT molecular complexity index is 966. The molecule has 1 aliphatic rings. The van der Waals surface area contributed by atoms with Gasteiger partial charge in [-0.05, 0) is 42.2 Å². The van der Waals surface area contributed by atoms with Gasteiger partial charge in [-0.3, -0.25) is 4.79 Å². The smallest absolute Gasteiger partial charge is 0.227 e. The minimum atomic E-state index is 0.178. The van der Waals surface area contributed by atoms with Gasteiger partial charge in [-0.15, -0.1) is 0 Å². The Kier molecular flexibility index (Phi) is 4.79. The molecule has 0 aliphatic carbocycles. The number of benzene rings is 1. The number of carbonyl (C=O) groups excluding carboxylic acids is 1. The first-order valence-corrected chi connectivity index (χ1v) is 9.31. The number of aryl methyl sites for hydroxylation is 1. The van der Waals surface area contributed by atoms with Crippen molar-refractivity contribution in [3.63, 3.8) is 0 Å². The van der Waals surface area contributed by atoms with Crippen molar-refractivity contribution < 1.29 is 9.53 Å². The van der Waals surface area contributed by atoms with Gasteiger partial charge >= 0.3 is 0 Å². The lowest BCUT2D eigenvalue weighted by Crippen LogP contribution is -2.30. The number of hydrogen-bond acceptors (Lipinski definition) is 4. The molecule has 0 N–H and O–H groups in total. The molecule has 3 aromatic rings. The maximum absolute atomic E-state index is 12.7. The van der Waals surface area contributed by atoms with Crippen molar-refractivity contribution in [1.82, 2.24) is 19.4 Å². The Morgan fingerprint density at radius 3 is 3.00 bits per heavy atom. The molecule has 2 aromatic heterocycles. The average Bonchev–Trinajstić information content (AvgIpc) is 3.28. The lowest BCUT2D eigenvalue weighted by Gasteiger charge is -2.17. The zero-order chi connectivity index (χ0) is 18.8. The number of hydrogen-bond donors (Lipinski definition) is 0. The zero-order valence-corrected chi connectivity index (χ0v) is 15.8. The molecular weight excluding hydrogens is 340 g/mol. The number of amides is 1. The number of imidazole rings is 1. The van der Waals surface area contributed by atoms with Gasteiger partial charge in [0.2, 0.25) is 5.91 Å². The predicted octanol–water partition coefficient (Wildman–Crippen LogP) is 2.61. The zero-order valence-electron chi connectivity index (χ0n) is 15.8. The van der Waals surface area contributed by atoms with Crippen LogP contribution in [-0.2, 0) is 24.7 Å². The van der Waals surface area contributed by atoms with E-state index in [2.05, 4.69) is 9.55 Å². The van der Waals surface area contributed by atoms with Gasteiger partial charge in [0.1, 0.15) is 17.1 Å². The van der Waals surface area contributed by atoms with Crippen LogP contribution in [0.1, 0.15) is 17.8 Å². The van der Waals surface area contributed by atoms with E-state index in [1.165, 1.54) is 0 Å². The second kappa shape index (κ2) is 7.39.